The van der Waals surface area contributed by atoms with E-state index in [4.69, 9.17) is 30.1 Å². The van der Waals surface area contributed by atoms with Crippen LogP contribution in [0.3, 0.4) is 0 Å². The van der Waals surface area contributed by atoms with Gasteiger partial charge in [-0.2, -0.15) is 0 Å². The molecule has 0 aromatic heterocycles. The second kappa shape index (κ2) is 23.5. The average molecular weight is 872 g/mol. The summed E-state index contributed by atoms with van der Waals surface area (Å²) in [5.41, 5.74) is 0. The van der Waals surface area contributed by atoms with Crippen molar-refractivity contribution in [3.63, 3.8) is 0 Å². The summed E-state index contributed by atoms with van der Waals surface area (Å²) in [6, 6.07) is 53.1. The molecule has 5 aromatic carbocycles. The molecule has 0 nitrogen and oxygen atoms in total. The van der Waals surface area contributed by atoms with Crippen molar-refractivity contribution in [3.8, 4) is 0 Å². The Balaban J connectivity index is 0.000000492. The highest BCUT2D eigenvalue weighted by Crippen LogP contribution is 2.33. The Kier molecular flexibility index (Phi) is 22.3. The first-order chi connectivity index (χ1) is 18.6. The third-order valence-electron chi connectivity index (χ3n) is 4.66. The molecule has 9 heteroatoms. The highest BCUT2D eigenvalue weighted by Gasteiger charge is 2.28. The van der Waals surface area contributed by atoms with E-state index in [1.54, 1.807) is 11.8 Å². The first kappa shape index (κ1) is 37.0. The standard InChI is InChI=1S/C24H19S2.C6H6.Al.4ClH.I2/c1-4-10-20(11-5-1)25-21-16-18-24(19-17-21)26(22-12-6-2-7-13-22)23-14-8-3-9-15-23;1-2-4-6-5-3-1;;;;;;1-2/h1-19H;1-6H;;4*1H;/q+1;;+3;;;;;/p-4. The van der Waals surface area contributed by atoms with E-state index >= 15 is 0 Å². The minimum Gasteiger partial charge on any atom is -1.00 e. The zero-order valence-corrected chi connectivity index (χ0v) is 30.7. The monoisotopic (exact) mass is 870 g/mol. The molecule has 0 N–H and O–H groups in total. The van der Waals surface area contributed by atoms with Gasteiger partial charge in [0.1, 0.15) is 0 Å². The fourth-order valence-corrected chi connectivity index (χ4v) is 6.10. The van der Waals surface area contributed by atoms with Gasteiger partial charge in [0.15, 0.2) is 14.7 Å². The van der Waals surface area contributed by atoms with Crippen molar-refractivity contribution in [3.05, 3.63) is 152 Å². The van der Waals surface area contributed by atoms with Crippen molar-refractivity contribution in [1.82, 2.24) is 0 Å². The van der Waals surface area contributed by atoms with Crippen LogP contribution in [0.2, 0.25) is 0 Å². The lowest BCUT2D eigenvalue weighted by Gasteiger charge is -2.08. The molecule has 0 heterocycles. The van der Waals surface area contributed by atoms with E-state index in [1.165, 1.54) is 24.5 Å². The summed E-state index contributed by atoms with van der Waals surface area (Å²) in [7, 11) is 14.8. The Morgan fingerprint density at radius 1 is 0.436 bits per heavy atom. The Bertz CT molecular complexity index is 1170. The van der Waals surface area contributed by atoms with Crippen LogP contribution < -0.4 is 12.4 Å². The van der Waals surface area contributed by atoms with Gasteiger partial charge in [0.2, 0.25) is 0 Å². The predicted molar refractivity (Wildman–Crippen MR) is 190 cm³/mol. The predicted octanol–water partition coefficient (Wildman–Crippen LogP) is 9.08. The SMILES string of the molecule is II.[Cl-].[Cl][Al]([Cl])[Cl].c1ccc(Sc2ccc([S+](c3ccccc3)c3ccccc3)cc2)cc1.c1ccccc1. The van der Waals surface area contributed by atoms with Gasteiger partial charge in [0.25, 0.3) is 0 Å². The summed E-state index contributed by atoms with van der Waals surface area (Å²) in [6.07, 6.45) is 0. The highest BCUT2D eigenvalue weighted by atomic mass is 128. The normalized spacial score (nSPS) is 9.28. The highest BCUT2D eigenvalue weighted by molar-refractivity contribution is 15.0. The summed E-state index contributed by atoms with van der Waals surface area (Å²) in [5.74, 6) is 0. The van der Waals surface area contributed by atoms with Crippen LogP contribution in [0.5, 0.6) is 0 Å². The zero-order valence-electron chi connectivity index (χ0n) is 20.6. The van der Waals surface area contributed by atoms with Crippen LogP contribution in [0.25, 0.3) is 0 Å². The Hall–Kier alpha value is -0.0475. The van der Waals surface area contributed by atoms with Gasteiger partial charge >= 0.3 is 11.4 Å². The lowest BCUT2D eigenvalue weighted by atomic mass is 10.3. The minimum absolute atomic E-state index is 0. The van der Waals surface area contributed by atoms with Crippen LogP contribution in [-0.4, -0.2) is 11.4 Å². The van der Waals surface area contributed by atoms with Gasteiger partial charge in [-0.05, 0) is 60.7 Å². The van der Waals surface area contributed by atoms with Crippen molar-refractivity contribution in [2.75, 3.05) is 0 Å². The van der Waals surface area contributed by atoms with Crippen molar-refractivity contribution in [2.45, 2.75) is 24.5 Å². The maximum absolute atomic E-state index is 4.94. The van der Waals surface area contributed by atoms with Crippen LogP contribution in [0.4, 0.5) is 0 Å². The first-order valence-electron chi connectivity index (χ1n) is 11.4. The molecule has 0 spiro atoms. The van der Waals surface area contributed by atoms with Gasteiger partial charge in [0, 0.05) is 47.0 Å². The van der Waals surface area contributed by atoms with E-state index < -0.39 is 11.4 Å². The smallest absolute Gasteiger partial charge is 0.643 e. The summed E-state index contributed by atoms with van der Waals surface area (Å²) >= 11 is 4.32. The number of hydrogen-bond acceptors (Lipinski definition) is 1. The topological polar surface area (TPSA) is 0 Å². The largest absolute Gasteiger partial charge is 1.00 e. The fraction of sp³-hybridized carbons (Fsp3) is 0. The van der Waals surface area contributed by atoms with E-state index in [1.807, 2.05) is 36.4 Å². The van der Waals surface area contributed by atoms with E-state index in [0.717, 1.165) is 0 Å². The fourth-order valence-electron chi connectivity index (χ4n) is 3.17. The quantitative estimate of drug-likeness (QED) is 0.0966. The molecule has 0 radical (unpaired) electrons. The van der Waals surface area contributed by atoms with Crippen LogP contribution in [0.1, 0.15) is 0 Å². The van der Waals surface area contributed by atoms with Gasteiger partial charge in [-0.15, -0.1) is 0 Å². The van der Waals surface area contributed by atoms with Crippen LogP contribution >= 0.6 is 79.1 Å². The summed E-state index contributed by atoms with van der Waals surface area (Å²) < 4.78 is 0. The average Bonchev–Trinajstić information content (AvgIpc) is 2.98. The van der Waals surface area contributed by atoms with Gasteiger partial charge in [0.05, 0.1) is 10.9 Å². The van der Waals surface area contributed by atoms with Crippen LogP contribution in [0.15, 0.2) is 176 Å². The third-order valence-corrected chi connectivity index (χ3v) is 7.91. The second-order valence-corrected chi connectivity index (χ2v) is 16.8. The lowest BCUT2D eigenvalue weighted by Crippen LogP contribution is -3.00. The van der Waals surface area contributed by atoms with E-state index in [9.17, 15) is 0 Å². The maximum atomic E-state index is 4.94. The Labute approximate surface area is 286 Å². The Morgan fingerprint density at radius 3 is 1.05 bits per heavy atom. The van der Waals surface area contributed by atoms with Gasteiger partial charge in [-0.25, -0.2) is 30.1 Å². The van der Waals surface area contributed by atoms with Crippen molar-refractivity contribution < 1.29 is 12.4 Å². The van der Waals surface area contributed by atoms with Crippen LogP contribution in [-0.2, 0) is 10.9 Å². The van der Waals surface area contributed by atoms with Crippen molar-refractivity contribution in [2.24, 2.45) is 0 Å². The van der Waals surface area contributed by atoms with Crippen molar-refractivity contribution >= 4 is 101 Å². The molecule has 0 aliphatic rings. The third kappa shape index (κ3) is 15.7. The summed E-state index contributed by atoms with van der Waals surface area (Å²) in [6.45, 7) is 0. The second-order valence-electron chi connectivity index (χ2n) is 7.22. The summed E-state index contributed by atoms with van der Waals surface area (Å²) in [4.78, 5) is 6.58. The van der Waals surface area contributed by atoms with E-state index in [2.05, 4.69) is 152 Å². The maximum Gasteiger partial charge on any atom is 0.643 e. The molecule has 0 aliphatic heterocycles. The molecule has 0 saturated carbocycles. The lowest BCUT2D eigenvalue weighted by molar-refractivity contribution is -0.00000689. The molecule has 0 unspecified atom stereocenters. The first-order valence-corrected chi connectivity index (χ1v) is 24.9. The van der Waals surface area contributed by atoms with Crippen LogP contribution in [0, 0.1) is 0 Å². The molecule has 0 aliphatic carbocycles. The Morgan fingerprint density at radius 2 is 0.692 bits per heavy atom. The molecule has 0 fully saturated rings. The molecule has 0 amide bonds. The van der Waals surface area contributed by atoms with Gasteiger partial charge in [-0.3, -0.25) is 0 Å². The number of hydrogen-bond donors (Lipinski definition) is 0. The molecular weight excluding hydrogens is 847 g/mol. The number of benzene rings is 5. The summed E-state index contributed by atoms with van der Waals surface area (Å²) in [5, 5.41) is 0. The molecule has 39 heavy (non-hydrogen) atoms. The molecule has 0 bridgehead atoms. The number of halogens is 6. The van der Waals surface area contributed by atoms with Crippen molar-refractivity contribution in [1.29, 1.82) is 0 Å². The molecule has 0 saturated heterocycles. The van der Waals surface area contributed by atoms with Gasteiger partial charge in [-0.1, -0.05) is 103 Å². The van der Waals surface area contributed by atoms with Gasteiger partial charge < -0.3 is 12.4 Å². The molecule has 202 valence electrons. The molecule has 0 atom stereocenters. The minimum atomic E-state index is -1.72. The molecular formula is C30H25AlCl4I2S2. The zero-order chi connectivity index (χ0) is 27.4. The van der Waals surface area contributed by atoms with E-state index in [0.29, 0.717) is 0 Å². The molecule has 5 aromatic rings. The van der Waals surface area contributed by atoms with E-state index in [-0.39, 0.29) is 23.3 Å². The number of rotatable bonds is 5. The molecule has 5 rings (SSSR count).